The molecule has 0 aromatic heterocycles. The predicted octanol–water partition coefficient (Wildman–Crippen LogP) is 0.601. The van der Waals surface area contributed by atoms with Crippen LogP contribution in [0.25, 0.3) is 0 Å². The van der Waals surface area contributed by atoms with Crippen LogP contribution in [-0.4, -0.2) is 12.8 Å². The maximum Gasteiger partial charge on any atom is 0.114 e. The number of hydrogen-bond acceptors (Lipinski definition) is 2. The molecule has 2 heteroatoms. The van der Waals surface area contributed by atoms with Gasteiger partial charge in [-0.1, -0.05) is 0 Å². The van der Waals surface area contributed by atoms with Crippen molar-refractivity contribution in [1.29, 1.82) is 5.26 Å². The van der Waals surface area contributed by atoms with Crippen LogP contribution in [-0.2, 0) is 0 Å². The van der Waals surface area contributed by atoms with E-state index in [0.29, 0.717) is 5.71 Å². The van der Waals surface area contributed by atoms with Crippen molar-refractivity contribution in [2.75, 3.05) is 7.05 Å². The number of nitrogens with zero attached hydrogens (tertiary/aromatic N) is 2. The van der Waals surface area contributed by atoms with Crippen molar-refractivity contribution in [1.82, 2.24) is 0 Å². The second kappa shape index (κ2) is 2.40. The van der Waals surface area contributed by atoms with Gasteiger partial charge < -0.3 is 0 Å². The Labute approximate surface area is 37.1 Å². The van der Waals surface area contributed by atoms with Crippen molar-refractivity contribution in [2.45, 2.75) is 6.92 Å². The average Bonchev–Trinajstić information content (AvgIpc) is 1.65. The fraction of sp³-hybridized carbons (Fsp3) is 0.500. The number of hydrogen-bond donors (Lipinski definition) is 0. The lowest BCUT2D eigenvalue weighted by atomic mass is 10.5. The molecule has 0 bridgehead atoms. The monoisotopic (exact) mass is 82.1 g/mol. The molecule has 0 atom stereocenters. The van der Waals surface area contributed by atoms with Gasteiger partial charge in [0.1, 0.15) is 11.8 Å². The van der Waals surface area contributed by atoms with Gasteiger partial charge in [0.25, 0.3) is 0 Å². The van der Waals surface area contributed by atoms with Crippen molar-refractivity contribution in [3.05, 3.63) is 0 Å². The van der Waals surface area contributed by atoms with Crippen LogP contribution in [0, 0.1) is 11.3 Å². The van der Waals surface area contributed by atoms with Crippen LogP contribution in [0.4, 0.5) is 0 Å². The third kappa shape index (κ3) is 1.48. The van der Waals surface area contributed by atoms with E-state index in [2.05, 4.69) is 4.99 Å². The maximum absolute atomic E-state index is 7.95. The second-order valence-electron chi connectivity index (χ2n) is 0.921. The SMILES string of the molecule is CN=C(C)C#N. The fourth-order valence-corrected chi connectivity index (χ4v) is 0.0500. The Hall–Kier alpha value is -0.840. The number of aliphatic imine (C=N–C) groups is 1. The average molecular weight is 82.1 g/mol. The first kappa shape index (κ1) is 5.16. The zero-order valence-electron chi connectivity index (χ0n) is 3.89. The summed E-state index contributed by atoms with van der Waals surface area (Å²) in [5, 5.41) is 7.95. The smallest absolute Gasteiger partial charge is 0.114 e. The lowest BCUT2D eigenvalue weighted by molar-refractivity contribution is 1.42. The van der Waals surface area contributed by atoms with Crippen molar-refractivity contribution < 1.29 is 0 Å². The van der Waals surface area contributed by atoms with Gasteiger partial charge in [0.15, 0.2) is 0 Å². The maximum atomic E-state index is 7.95. The summed E-state index contributed by atoms with van der Waals surface area (Å²) < 4.78 is 0. The van der Waals surface area contributed by atoms with E-state index in [1.807, 2.05) is 6.07 Å². The van der Waals surface area contributed by atoms with Gasteiger partial charge in [-0.05, 0) is 6.92 Å². The minimum atomic E-state index is 0.523. The molecule has 0 N–H and O–H groups in total. The molecule has 0 amide bonds. The summed E-state index contributed by atoms with van der Waals surface area (Å²) in [5.41, 5.74) is 0.523. The Kier molecular flexibility index (Phi) is 2.06. The van der Waals surface area contributed by atoms with Gasteiger partial charge in [0, 0.05) is 7.05 Å². The van der Waals surface area contributed by atoms with Crippen molar-refractivity contribution in [3.8, 4) is 6.07 Å². The molecular weight excluding hydrogens is 76.1 g/mol. The summed E-state index contributed by atoms with van der Waals surface area (Å²) in [6.45, 7) is 1.67. The number of nitriles is 1. The molecule has 0 unspecified atom stereocenters. The van der Waals surface area contributed by atoms with Crippen molar-refractivity contribution in [3.63, 3.8) is 0 Å². The molecule has 0 aromatic carbocycles. The fourth-order valence-electron chi connectivity index (χ4n) is 0.0500. The molecule has 0 spiro atoms. The minimum absolute atomic E-state index is 0.523. The topological polar surface area (TPSA) is 36.1 Å². The predicted molar refractivity (Wildman–Crippen MR) is 24.6 cm³/mol. The quantitative estimate of drug-likeness (QED) is 0.394. The van der Waals surface area contributed by atoms with Gasteiger partial charge in [0.2, 0.25) is 0 Å². The first-order valence-electron chi connectivity index (χ1n) is 1.64. The van der Waals surface area contributed by atoms with Crippen LogP contribution in [0.2, 0.25) is 0 Å². The summed E-state index contributed by atoms with van der Waals surface area (Å²) in [6, 6.07) is 1.86. The Morgan fingerprint density at radius 2 is 2.33 bits per heavy atom. The summed E-state index contributed by atoms with van der Waals surface area (Å²) in [4.78, 5) is 3.56. The van der Waals surface area contributed by atoms with E-state index in [-0.39, 0.29) is 0 Å². The van der Waals surface area contributed by atoms with Crippen LogP contribution in [0.1, 0.15) is 6.92 Å². The van der Waals surface area contributed by atoms with Crippen LogP contribution in [0.3, 0.4) is 0 Å². The van der Waals surface area contributed by atoms with Crippen molar-refractivity contribution in [2.24, 2.45) is 4.99 Å². The Morgan fingerprint density at radius 3 is 2.33 bits per heavy atom. The van der Waals surface area contributed by atoms with E-state index in [9.17, 15) is 0 Å². The highest BCUT2D eigenvalue weighted by molar-refractivity contribution is 5.96. The minimum Gasteiger partial charge on any atom is -0.282 e. The Balaban J connectivity index is 3.61. The van der Waals surface area contributed by atoms with Crippen LogP contribution in [0.15, 0.2) is 4.99 Å². The molecule has 0 rings (SSSR count). The van der Waals surface area contributed by atoms with E-state index in [1.54, 1.807) is 14.0 Å². The third-order valence-electron chi connectivity index (χ3n) is 0.497. The first-order valence-corrected chi connectivity index (χ1v) is 1.64. The second-order valence-corrected chi connectivity index (χ2v) is 0.921. The van der Waals surface area contributed by atoms with Crippen LogP contribution in [0.5, 0.6) is 0 Å². The summed E-state index contributed by atoms with van der Waals surface area (Å²) >= 11 is 0. The molecular formula is C4H6N2. The molecule has 0 aliphatic carbocycles. The van der Waals surface area contributed by atoms with Gasteiger partial charge >= 0.3 is 0 Å². The van der Waals surface area contributed by atoms with E-state index in [0.717, 1.165) is 0 Å². The van der Waals surface area contributed by atoms with Crippen LogP contribution >= 0.6 is 0 Å². The molecule has 32 valence electrons. The molecule has 6 heavy (non-hydrogen) atoms. The van der Waals surface area contributed by atoms with E-state index >= 15 is 0 Å². The molecule has 0 heterocycles. The molecule has 0 saturated heterocycles. The van der Waals surface area contributed by atoms with E-state index < -0.39 is 0 Å². The molecule has 0 fully saturated rings. The Bertz CT molecular complexity index is 96.6. The molecule has 0 aliphatic rings. The van der Waals surface area contributed by atoms with Gasteiger partial charge in [0.05, 0.1) is 0 Å². The zero-order valence-corrected chi connectivity index (χ0v) is 3.89. The van der Waals surface area contributed by atoms with Gasteiger partial charge in [-0.2, -0.15) is 5.26 Å². The summed E-state index contributed by atoms with van der Waals surface area (Å²) in [6.07, 6.45) is 0. The number of rotatable bonds is 0. The van der Waals surface area contributed by atoms with Crippen molar-refractivity contribution >= 4 is 5.71 Å². The largest absolute Gasteiger partial charge is 0.282 e. The molecule has 2 nitrogen and oxygen atoms in total. The molecule has 0 saturated carbocycles. The molecule has 0 aliphatic heterocycles. The lowest BCUT2D eigenvalue weighted by Gasteiger charge is -1.70. The van der Waals surface area contributed by atoms with E-state index in [4.69, 9.17) is 5.26 Å². The van der Waals surface area contributed by atoms with Crippen LogP contribution < -0.4 is 0 Å². The lowest BCUT2D eigenvalue weighted by Crippen LogP contribution is -1.79. The normalized spacial score (nSPS) is 10.5. The summed E-state index contributed by atoms with van der Waals surface area (Å²) in [5.74, 6) is 0. The van der Waals surface area contributed by atoms with Gasteiger partial charge in [-0.3, -0.25) is 4.99 Å². The highest BCUT2D eigenvalue weighted by atomic mass is 14.7. The Morgan fingerprint density at radius 1 is 1.83 bits per heavy atom. The summed E-state index contributed by atoms with van der Waals surface area (Å²) in [7, 11) is 1.60. The first-order chi connectivity index (χ1) is 2.81. The zero-order chi connectivity index (χ0) is 4.99. The molecule has 0 aromatic rings. The third-order valence-corrected chi connectivity index (χ3v) is 0.497. The van der Waals surface area contributed by atoms with Gasteiger partial charge in [-0.15, -0.1) is 0 Å². The van der Waals surface area contributed by atoms with E-state index in [1.165, 1.54) is 0 Å². The standard InChI is InChI=1S/C4H6N2/c1-4(3-5)6-2/h1-2H3. The van der Waals surface area contributed by atoms with Gasteiger partial charge in [-0.25, -0.2) is 0 Å². The highest BCUT2D eigenvalue weighted by Gasteiger charge is 1.73. The highest BCUT2D eigenvalue weighted by Crippen LogP contribution is 1.64. The molecule has 0 radical (unpaired) electrons.